The summed E-state index contributed by atoms with van der Waals surface area (Å²) in [6.45, 7) is 1.12. The van der Waals surface area contributed by atoms with Gasteiger partial charge in [-0.1, -0.05) is 25.0 Å². The molecule has 0 spiro atoms. The van der Waals surface area contributed by atoms with Gasteiger partial charge in [0, 0.05) is 24.4 Å². The number of aromatic nitrogens is 1. The highest BCUT2D eigenvalue weighted by Crippen LogP contribution is 2.18. The Balaban J connectivity index is 0.00000312. The van der Waals surface area contributed by atoms with Crippen molar-refractivity contribution in [3.8, 4) is 5.75 Å². The fraction of sp³-hybridized carbons (Fsp3) is 0.368. The van der Waals surface area contributed by atoms with Crippen LogP contribution in [0.15, 0.2) is 48.7 Å². The van der Waals surface area contributed by atoms with Crippen LogP contribution >= 0.6 is 24.8 Å². The van der Waals surface area contributed by atoms with Gasteiger partial charge in [-0.2, -0.15) is 0 Å². The lowest BCUT2D eigenvalue weighted by atomic mass is 10.1. The molecule has 5 nitrogen and oxygen atoms in total. The summed E-state index contributed by atoms with van der Waals surface area (Å²) in [6.07, 6.45) is 6.31. The molecule has 7 heteroatoms. The highest BCUT2D eigenvalue weighted by molar-refractivity contribution is 5.90. The third-order valence-electron chi connectivity index (χ3n) is 3.59. The smallest absolute Gasteiger partial charge is 0.224 e. The molecule has 26 heavy (non-hydrogen) atoms. The number of halogens is 2. The summed E-state index contributed by atoms with van der Waals surface area (Å²) in [5.74, 6) is 0.742. The highest BCUT2D eigenvalue weighted by atomic mass is 35.5. The molecule has 0 radical (unpaired) electrons. The fourth-order valence-electron chi connectivity index (χ4n) is 2.31. The standard InChI is InChI=1S/C19H25N3O2.2ClH/c20-12-5-2-1-3-11-19(23)22-16-9-7-10-18(14-16)24-15-17-8-4-6-13-21-17;;/h4,6-10,13-14H,1-3,5,11-12,15,20H2,(H,22,23);2*1H. The zero-order valence-corrected chi connectivity index (χ0v) is 16.4. The Labute approximate surface area is 167 Å². The summed E-state index contributed by atoms with van der Waals surface area (Å²) in [5, 5.41) is 2.91. The van der Waals surface area contributed by atoms with Crippen LogP contribution in [0.3, 0.4) is 0 Å². The zero-order chi connectivity index (χ0) is 17.0. The third-order valence-corrected chi connectivity index (χ3v) is 3.59. The maximum atomic E-state index is 11.9. The predicted molar refractivity (Wildman–Crippen MR) is 110 cm³/mol. The Hall–Kier alpha value is -1.82. The highest BCUT2D eigenvalue weighted by Gasteiger charge is 2.04. The molecular weight excluding hydrogens is 373 g/mol. The third kappa shape index (κ3) is 9.61. The van der Waals surface area contributed by atoms with Gasteiger partial charge in [-0.15, -0.1) is 24.8 Å². The number of carbonyl (C=O) groups excluding carboxylic acids is 1. The van der Waals surface area contributed by atoms with Crippen molar-refractivity contribution in [2.75, 3.05) is 11.9 Å². The van der Waals surface area contributed by atoms with E-state index in [9.17, 15) is 4.79 Å². The van der Waals surface area contributed by atoms with Crippen LogP contribution in [0.4, 0.5) is 5.69 Å². The van der Waals surface area contributed by atoms with Gasteiger partial charge in [-0.05, 0) is 43.7 Å². The molecule has 0 aliphatic rings. The molecule has 0 saturated heterocycles. The van der Waals surface area contributed by atoms with Crippen molar-refractivity contribution < 1.29 is 9.53 Å². The second-order valence-electron chi connectivity index (χ2n) is 5.64. The number of hydrogen-bond acceptors (Lipinski definition) is 4. The molecule has 0 aliphatic heterocycles. The molecule has 2 rings (SSSR count). The molecule has 1 amide bonds. The number of ether oxygens (including phenoxy) is 1. The zero-order valence-electron chi connectivity index (χ0n) is 14.7. The van der Waals surface area contributed by atoms with Crippen LogP contribution in [0.1, 0.15) is 37.8 Å². The summed E-state index contributed by atoms with van der Waals surface area (Å²) in [6, 6.07) is 13.1. The Kier molecular flexibility index (Phi) is 13.4. The minimum absolute atomic E-state index is 0. The van der Waals surface area contributed by atoms with Crippen molar-refractivity contribution in [2.24, 2.45) is 5.73 Å². The number of unbranched alkanes of at least 4 members (excludes halogenated alkanes) is 3. The number of nitrogens with two attached hydrogens (primary N) is 1. The topological polar surface area (TPSA) is 77.2 Å². The van der Waals surface area contributed by atoms with E-state index in [2.05, 4.69) is 10.3 Å². The number of carbonyl (C=O) groups is 1. The number of benzene rings is 1. The summed E-state index contributed by atoms with van der Waals surface area (Å²) in [7, 11) is 0. The van der Waals surface area contributed by atoms with E-state index in [0.29, 0.717) is 18.8 Å². The molecule has 1 aromatic carbocycles. The summed E-state index contributed by atoms with van der Waals surface area (Å²) in [4.78, 5) is 16.2. The van der Waals surface area contributed by atoms with E-state index in [0.717, 1.165) is 43.6 Å². The molecule has 0 unspecified atom stereocenters. The number of nitrogens with zero attached hydrogens (tertiary/aromatic N) is 1. The molecule has 2 aromatic rings. The lowest BCUT2D eigenvalue weighted by molar-refractivity contribution is -0.116. The lowest BCUT2D eigenvalue weighted by Gasteiger charge is -2.09. The van der Waals surface area contributed by atoms with Gasteiger partial charge in [-0.3, -0.25) is 9.78 Å². The Morgan fingerprint density at radius 3 is 2.58 bits per heavy atom. The molecule has 0 saturated carbocycles. The average Bonchev–Trinajstić information content (AvgIpc) is 2.61. The number of hydrogen-bond donors (Lipinski definition) is 2. The average molecular weight is 400 g/mol. The van der Waals surface area contributed by atoms with E-state index >= 15 is 0 Å². The second kappa shape index (κ2) is 14.4. The van der Waals surface area contributed by atoms with E-state index in [1.54, 1.807) is 6.20 Å². The number of amides is 1. The number of nitrogens with one attached hydrogen (secondary N) is 1. The molecule has 144 valence electrons. The van der Waals surface area contributed by atoms with Gasteiger partial charge in [-0.25, -0.2) is 0 Å². The van der Waals surface area contributed by atoms with E-state index < -0.39 is 0 Å². The van der Waals surface area contributed by atoms with Gasteiger partial charge >= 0.3 is 0 Å². The van der Waals surface area contributed by atoms with Crippen molar-refractivity contribution in [3.63, 3.8) is 0 Å². The monoisotopic (exact) mass is 399 g/mol. The minimum atomic E-state index is 0. The molecule has 3 N–H and O–H groups in total. The summed E-state index contributed by atoms with van der Waals surface area (Å²) in [5.41, 5.74) is 7.07. The van der Waals surface area contributed by atoms with E-state index in [4.69, 9.17) is 10.5 Å². The Bertz CT molecular complexity index is 627. The van der Waals surface area contributed by atoms with Crippen LogP contribution in [-0.4, -0.2) is 17.4 Å². The van der Waals surface area contributed by atoms with Crippen molar-refractivity contribution in [3.05, 3.63) is 54.4 Å². The van der Waals surface area contributed by atoms with Crippen molar-refractivity contribution >= 4 is 36.4 Å². The quantitative estimate of drug-likeness (QED) is 0.582. The second-order valence-corrected chi connectivity index (χ2v) is 5.64. The first-order valence-corrected chi connectivity index (χ1v) is 8.40. The van der Waals surface area contributed by atoms with Crippen LogP contribution in [0, 0.1) is 0 Å². The summed E-state index contributed by atoms with van der Waals surface area (Å²) >= 11 is 0. The molecule has 0 bridgehead atoms. The van der Waals surface area contributed by atoms with E-state index in [1.165, 1.54) is 0 Å². The first-order chi connectivity index (χ1) is 11.8. The first-order valence-electron chi connectivity index (χ1n) is 8.40. The van der Waals surface area contributed by atoms with Crippen molar-refractivity contribution in [1.82, 2.24) is 4.98 Å². The number of rotatable bonds is 10. The van der Waals surface area contributed by atoms with Gasteiger partial charge in [0.25, 0.3) is 0 Å². The normalized spacial score (nSPS) is 9.58. The van der Waals surface area contributed by atoms with Gasteiger partial charge in [0.05, 0.1) is 5.69 Å². The maximum absolute atomic E-state index is 11.9. The van der Waals surface area contributed by atoms with Crippen molar-refractivity contribution in [2.45, 2.75) is 38.7 Å². The van der Waals surface area contributed by atoms with E-state index in [1.807, 2.05) is 42.5 Å². The molecular formula is C19H27Cl2N3O2. The van der Waals surface area contributed by atoms with Crippen LogP contribution < -0.4 is 15.8 Å². The molecule has 0 fully saturated rings. The van der Waals surface area contributed by atoms with Crippen LogP contribution in [-0.2, 0) is 11.4 Å². The molecule has 0 aliphatic carbocycles. The molecule has 1 aromatic heterocycles. The fourth-order valence-corrected chi connectivity index (χ4v) is 2.31. The molecule has 0 atom stereocenters. The van der Waals surface area contributed by atoms with Crippen LogP contribution in [0.5, 0.6) is 5.75 Å². The predicted octanol–water partition coefficient (Wildman–Crippen LogP) is 4.35. The Morgan fingerprint density at radius 1 is 1.04 bits per heavy atom. The SMILES string of the molecule is Cl.Cl.NCCCCCCC(=O)Nc1cccc(OCc2ccccn2)c1. The first kappa shape index (κ1) is 24.2. The molecule has 1 heterocycles. The van der Waals surface area contributed by atoms with E-state index in [-0.39, 0.29) is 30.7 Å². The minimum Gasteiger partial charge on any atom is -0.487 e. The van der Waals surface area contributed by atoms with Gasteiger partial charge < -0.3 is 15.8 Å². The van der Waals surface area contributed by atoms with Crippen LogP contribution in [0.2, 0.25) is 0 Å². The number of anilines is 1. The van der Waals surface area contributed by atoms with Crippen LogP contribution in [0.25, 0.3) is 0 Å². The summed E-state index contributed by atoms with van der Waals surface area (Å²) < 4.78 is 5.71. The van der Waals surface area contributed by atoms with Crippen molar-refractivity contribution in [1.29, 1.82) is 0 Å². The van der Waals surface area contributed by atoms with Gasteiger partial charge in [0.15, 0.2) is 0 Å². The van der Waals surface area contributed by atoms with Gasteiger partial charge in [0.2, 0.25) is 5.91 Å². The largest absolute Gasteiger partial charge is 0.487 e. The Morgan fingerprint density at radius 2 is 1.85 bits per heavy atom. The maximum Gasteiger partial charge on any atom is 0.224 e. The lowest BCUT2D eigenvalue weighted by Crippen LogP contribution is -2.11. The van der Waals surface area contributed by atoms with Gasteiger partial charge in [0.1, 0.15) is 12.4 Å². The number of pyridine rings is 1.